The molecule has 2 rings (SSSR count). The van der Waals surface area contributed by atoms with E-state index in [1.807, 2.05) is 0 Å². The summed E-state index contributed by atoms with van der Waals surface area (Å²) >= 11 is 0. The van der Waals surface area contributed by atoms with Crippen molar-refractivity contribution in [1.29, 1.82) is 0 Å². The molecule has 19 heavy (non-hydrogen) atoms. The third-order valence-electron chi connectivity index (χ3n) is 3.93. The summed E-state index contributed by atoms with van der Waals surface area (Å²) < 4.78 is 18.4. The molecule has 1 heterocycles. The Morgan fingerprint density at radius 2 is 2.16 bits per heavy atom. The summed E-state index contributed by atoms with van der Waals surface area (Å²) in [5.41, 5.74) is 0. The highest BCUT2D eigenvalue weighted by Gasteiger charge is 2.28. The highest BCUT2D eigenvalue weighted by Crippen LogP contribution is 2.25. The Morgan fingerprint density at radius 3 is 2.74 bits per heavy atom. The first kappa shape index (κ1) is 14.3. The summed E-state index contributed by atoms with van der Waals surface area (Å²) in [6, 6.07) is 6.02. The van der Waals surface area contributed by atoms with Crippen LogP contribution >= 0.6 is 0 Å². The number of ether oxygens (including phenoxy) is 1. The molecule has 3 nitrogen and oxygen atoms in total. The molecule has 1 aromatic rings. The van der Waals surface area contributed by atoms with Crippen molar-refractivity contribution < 1.29 is 14.2 Å². The van der Waals surface area contributed by atoms with Crippen LogP contribution in [0.2, 0.25) is 0 Å². The number of halogens is 1. The Morgan fingerprint density at radius 1 is 1.42 bits per heavy atom. The highest BCUT2D eigenvalue weighted by molar-refractivity contribution is 5.22. The molecule has 1 saturated heterocycles. The minimum atomic E-state index is -0.263. The fraction of sp³-hybridized carbons (Fsp3) is 0.600. The molecule has 0 spiro atoms. The molecular formula is C15H22FNO2. The lowest BCUT2D eigenvalue weighted by Gasteiger charge is -2.22. The summed E-state index contributed by atoms with van der Waals surface area (Å²) in [6.45, 7) is 6.00. The van der Waals surface area contributed by atoms with Crippen molar-refractivity contribution in [3.63, 3.8) is 0 Å². The van der Waals surface area contributed by atoms with E-state index < -0.39 is 0 Å². The van der Waals surface area contributed by atoms with Gasteiger partial charge in [-0.3, -0.25) is 0 Å². The Labute approximate surface area is 114 Å². The van der Waals surface area contributed by atoms with Gasteiger partial charge in [0.05, 0.1) is 6.61 Å². The van der Waals surface area contributed by atoms with Gasteiger partial charge in [0.15, 0.2) is 0 Å². The van der Waals surface area contributed by atoms with Crippen molar-refractivity contribution in [2.45, 2.75) is 13.3 Å². The van der Waals surface area contributed by atoms with Crippen LogP contribution in [-0.2, 0) is 0 Å². The first-order chi connectivity index (χ1) is 9.22. The number of likely N-dealkylation sites (tertiary alicyclic amines) is 1. The van der Waals surface area contributed by atoms with Crippen molar-refractivity contribution in [2.75, 3.05) is 32.8 Å². The van der Waals surface area contributed by atoms with Crippen LogP contribution < -0.4 is 4.74 Å². The number of benzene rings is 1. The van der Waals surface area contributed by atoms with Crippen LogP contribution in [0.5, 0.6) is 5.75 Å². The number of hydrogen-bond donors (Lipinski definition) is 1. The van der Waals surface area contributed by atoms with E-state index in [1.165, 1.54) is 12.1 Å². The maximum atomic E-state index is 12.8. The predicted octanol–water partition coefficient (Wildman–Crippen LogP) is 2.15. The third-order valence-corrected chi connectivity index (χ3v) is 3.93. The highest BCUT2D eigenvalue weighted by atomic mass is 19.1. The molecular weight excluding hydrogens is 245 g/mol. The van der Waals surface area contributed by atoms with E-state index in [4.69, 9.17) is 4.74 Å². The summed E-state index contributed by atoms with van der Waals surface area (Å²) in [5.74, 6) is 1.04. The van der Waals surface area contributed by atoms with Crippen LogP contribution in [-0.4, -0.2) is 42.9 Å². The van der Waals surface area contributed by atoms with Gasteiger partial charge >= 0.3 is 0 Å². The van der Waals surface area contributed by atoms with Crippen molar-refractivity contribution in [2.24, 2.45) is 11.8 Å². The van der Waals surface area contributed by atoms with Gasteiger partial charge in [0, 0.05) is 19.1 Å². The third kappa shape index (κ3) is 3.91. The Kier molecular flexibility index (Phi) is 5.16. The van der Waals surface area contributed by atoms with Crippen molar-refractivity contribution in [3.05, 3.63) is 30.1 Å². The van der Waals surface area contributed by atoms with Gasteiger partial charge in [-0.25, -0.2) is 4.39 Å². The van der Waals surface area contributed by atoms with Crippen LogP contribution in [0.25, 0.3) is 0 Å². The SMILES string of the molecule is CCN1CCC(C(CO)COc2ccc(F)cc2)C1. The predicted molar refractivity (Wildman–Crippen MR) is 72.7 cm³/mol. The van der Waals surface area contributed by atoms with Gasteiger partial charge in [0.2, 0.25) is 0 Å². The zero-order chi connectivity index (χ0) is 13.7. The molecule has 4 heteroatoms. The summed E-state index contributed by atoms with van der Waals surface area (Å²) in [4.78, 5) is 2.39. The molecule has 106 valence electrons. The molecule has 0 bridgehead atoms. The van der Waals surface area contributed by atoms with E-state index in [2.05, 4.69) is 11.8 Å². The number of rotatable bonds is 6. The standard InChI is InChI=1S/C15H22FNO2/c1-2-17-8-7-12(9-17)13(10-18)11-19-15-5-3-14(16)4-6-15/h3-6,12-13,18H,2,7-11H2,1H3. The molecule has 1 aliphatic heterocycles. The average Bonchev–Trinajstić information content (AvgIpc) is 2.90. The van der Waals surface area contributed by atoms with E-state index in [0.29, 0.717) is 18.3 Å². The van der Waals surface area contributed by atoms with Gasteiger partial charge in [0.1, 0.15) is 11.6 Å². The molecule has 0 saturated carbocycles. The van der Waals surface area contributed by atoms with Crippen LogP contribution in [0.1, 0.15) is 13.3 Å². The van der Waals surface area contributed by atoms with Crippen LogP contribution in [0.4, 0.5) is 4.39 Å². The van der Waals surface area contributed by atoms with Crippen molar-refractivity contribution in [3.8, 4) is 5.75 Å². The molecule has 0 radical (unpaired) electrons. The van der Waals surface area contributed by atoms with Crippen LogP contribution in [0.15, 0.2) is 24.3 Å². The lowest BCUT2D eigenvalue weighted by atomic mass is 9.93. The number of aliphatic hydroxyl groups is 1. The summed E-state index contributed by atoms with van der Waals surface area (Å²) in [5, 5.41) is 9.51. The minimum Gasteiger partial charge on any atom is -0.493 e. The van der Waals surface area contributed by atoms with Gasteiger partial charge in [-0.05, 0) is 49.7 Å². The van der Waals surface area contributed by atoms with Crippen LogP contribution in [0, 0.1) is 17.7 Å². The molecule has 0 amide bonds. The van der Waals surface area contributed by atoms with Gasteiger partial charge in [-0.2, -0.15) is 0 Å². The lowest BCUT2D eigenvalue weighted by Crippen LogP contribution is -2.28. The summed E-state index contributed by atoms with van der Waals surface area (Å²) in [7, 11) is 0. The molecule has 1 aromatic carbocycles. The fourth-order valence-electron chi connectivity index (χ4n) is 2.61. The molecule has 1 N–H and O–H groups in total. The largest absolute Gasteiger partial charge is 0.493 e. The van der Waals surface area contributed by atoms with Crippen molar-refractivity contribution in [1.82, 2.24) is 4.90 Å². The molecule has 2 atom stereocenters. The molecule has 2 unspecified atom stereocenters. The fourth-order valence-corrected chi connectivity index (χ4v) is 2.61. The second-order valence-electron chi connectivity index (χ2n) is 5.15. The van der Waals surface area contributed by atoms with E-state index in [-0.39, 0.29) is 18.3 Å². The topological polar surface area (TPSA) is 32.7 Å². The molecule has 1 fully saturated rings. The first-order valence-corrected chi connectivity index (χ1v) is 6.94. The van der Waals surface area contributed by atoms with E-state index in [9.17, 15) is 9.50 Å². The van der Waals surface area contributed by atoms with Gasteiger partial charge < -0.3 is 14.7 Å². The van der Waals surface area contributed by atoms with E-state index in [0.717, 1.165) is 26.1 Å². The maximum Gasteiger partial charge on any atom is 0.123 e. The average molecular weight is 267 g/mol. The normalized spacial score (nSPS) is 21.5. The summed E-state index contributed by atoms with van der Waals surface area (Å²) in [6.07, 6.45) is 1.12. The zero-order valence-electron chi connectivity index (χ0n) is 11.4. The van der Waals surface area contributed by atoms with Gasteiger partial charge in [0.25, 0.3) is 0 Å². The quantitative estimate of drug-likeness (QED) is 0.857. The van der Waals surface area contributed by atoms with E-state index in [1.54, 1.807) is 12.1 Å². The molecule has 0 aromatic heterocycles. The first-order valence-electron chi connectivity index (χ1n) is 6.94. The lowest BCUT2D eigenvalue weighted by molar-refractivity contribution is 0.119. The smallest absolute Gasteiger partial charge is 0.123 e. The van der Waals surface area contributed by atoms with Crippen LogP contribution in [0.3, 0.4) is 0 Å². The Bertz CT molecular complexity index is 382. The zero-order valence-corrected chi connectivity index (χ0v) is 11.4. The Hall–Kier alpha value is -1.13. The van der Waals surface area contributed by atoms with E-state index >= 15 is 0 Å². The second-order valence-corrected chi connectivity index (χ2v) is 5.15. The molecule has 1 aliphatic rings. The number of hydrogen-bond acceptors (Lipinski definition) is 3. The second kappa shape index (κ2) is 6.87. The number of aliphatic hydroxyl groups excluding tert-OH is 1. The Balaban J connectivity index is 1.84. The van der Waals surface area contributed by atoms with Gasteiger partial charge in [-0.1, -0.05) is 6.92 Å². The number of nitrogens with zero attached hydrogens (tertiary/aromatic N) is 1. The maximum absolute atomic E-state index is 12.8. The van der Waals surface area contributed by atoms with Gasteiger partial charge in [-0.15, -0.1) is 0 Å². The van der Waals surface area contributed by atoms with Crippen molar-refractivity contribution >= 4 is 0 Å². The minimum absolute atomic E-state index is 0.142. The molecule has 0 aliphatic carbocycles. The monoisotopic (exact) mass is 267 g/mol.